The maximum atomic E-state index is 13.2. The Labute approximate surface area is 169 Å². The van der Waals surface area contributed by atoms with E-state index in [0.717, 1.165) is 34.5 Å². The van der Waals surface area contributed by atoms with Crippen LogP contribution >= 0.6 is 0 Å². The number of halogens is 3. The number of aryl methyl sites for hydroxylation is 1. The lowest BCUT2D eigenvalue weighted by molar-refractivity contribution is -0.137. The summed E-state index contributed by atoms with van der Waals surface area (Å²) in [7, 11) is 0. The van der Waals surface area contributed by atoms with Crippen LogP contribution < -0.4 is 0 Å². The Hall–Kier alpha value is -3.74. The monoisotopic (exact) mass is 404 g/mol. The molecule has 1 aromatic carbocycles. The standard InChI is InChI=1S/C23H15F3N4/c1-14-5-4-6-18(28-14)22-21(20-7-2-3-12-30(20)29-22)17-10-11-27-19-13-15(23(24,25)26)8-9-16(17)19/h2-13H,1H3. The van der Waals surface area contributed by atoms with Crippen molar-refractivity contribution in [1.29, 1.82) is 0 Å². The van der Waals surface area contributed by atoms with Crippen LogP contribution in [0, 0.1) is 6.92 Å². The fourth-order valence-corrected chi connectivity index (χ4v) is 3.66. The van der Waals surface area contributed by atoms with Gasteiger partial charge in [0.1, 0.15) is 5.69 Å². The van der Waals surface area contributed by atoms with Crippen molar-refractivity contribution in [3.05, 3.63) is 84.3 Å². The van der Waals surface area contributed by atoms with Gasteiger partial charge in [-0.15, -0.1) is 0 Å². The van der Waals surface area contributed by atoms with Crippen LogP contribution in [0.3, 0.4) is 0 Å². The quantitative estimate of drug-likeness (QED) is 0.366. The van der Waals surface area contributed by atoms with Crippen molar-refractivity contribution in [2.75, 3.05) is 0 Å². The number of pyridine rings is 3. The predicted octanol–water partition coefficient (Wildman–Crippen LogP) is 5.94. The van der Waals surface area contributed by atoms with Gasteiger partial charge in [-0.25, -0.2) is 4.52 Å². The summed E-state index contributed by atoms with van der Waals surface area (Å²) in [6.07, 6.45) is -1.06. The lowest BCUT2D eigenvalue weighted by atomic mass is 9.97. The average molecular weight is 404 g/mol. The van der Waals surface area contributed by atoms with Gasteiger partial charge < -0.3 is 0 Å². The lowest BCUT2D eigenvalue weighted by Gasteiger charge is -2.11. The van der Waals surface area contributed by atoms with Crippen LogP contribution in [0.2, 0.25) is 0 Å². The molecule has 0 fully saturated rings. The molecular weight excluding hydrogens is 389 g/mol. The fraction of sp³-hybridized carbons (Fsp3) is 0.0870. The van der Waals surface area contributed by atoms with Gasteiger partial charge in [-0.2, -0.15) is 18.3 Å². The first-order valence-corrected chi connectivity index (χ1v) is 9.29. The second-order valence-electron chi connectivity index (χ2n) is 7.01. The molecule has 148 valence electrons. The smallest absolute Gasteiger partial charge is 0.256 e. The average Bonchev–Trinajstić information content (AvgIpc) is 3.12. The summed E-state index contributed by atoms with van der Waals surface area (Å²) in [5.41, 5.74) is 4.17. The van der Waals surface area contributed by atoms with Crippen molar-refractivity contribution in [3.8, 4) is 22.5 Å². The van der Waals surface area contributed by atoms with Crippen molar-refractivity contribution in [2.24, 2.45) is 0 Å². The zero-order valence-electron chi connectivity index (χ0n) is 15.9. The van der Waals surface area contributed by atoms with E-state index in [1.165, 1.54) is 12.3 Å². The summed E-state index contributed by atoms with van der Waals surface area (Å²) in [5, 5.41) is 5.34. The summed E-state index contributed by atoms with van der Waals surface area (Å²) in [6, 6.07) is 16.8. The van der Waals surface area contributed by atoms with Crippen LogP contribution in [0.15, 0.2) is 73.1 Å². The highest BCUT2D eigenvalue weighted by molar-refractivity contribution is 6.03. The number of rotatable bonds is 2. The predicted molar refractivity (Wildman–Crippen MR) is 109 cm³/mol. The Morgan fingerprint density at radius 1 is 0.933 bits per heavy atom. The molecule has 4 heterocycles. The molecule has 4 aromatic heterocycles. The minimum Gasteiger partial charge on any atom is -0.256 e. The molecular formula is C23H15F3N4. The summed E-state index contributed by atoms with van der Waals surface area (Å²) in [4.78, 5) is 8.79. The van der Waals surface area contributed by atoms with Gasteiger partial charge in [0.2, 0.25) is 0 Å². The normalized spacial score (nSPS) is 12.0. The zero-order valence-corrected chi connectivity index (χ0v) is 15.9. The van der Waals surface area contributed by atoms with Gasteiger partial charge in [-0.3, -0.25) is 9.97 Å². The first-order chi connectivity index (χ1) is 14.4. The van der Waals surface area contributed by atoms with Crippen molar-refractivity contribution in [2.45, 2.75) is 13.1 Å². The minimum absolute atomic E-state index is 0.278. The Balaban J connectivity index is 1.83. The molecule has 5 rings (SSSR count). The number of fused-ring (bicyclic) bond motifs is 2. The Morgan fingerprint density at radius 3 is 2.60 bits per heavy atom. The third kappa shape index (κ3) is 2.99. The van der Waals surface area contributed by atoms with E-state index >= 15 is 0 Å². The highest BCUT2D eigenvalue weighted by Crippen LogP contribution is 2.39. The molecule has 0 radical (unpaired) electrons. The van der Waals surface area contributed by atoms with E-state index in [0.29, 0.717) is 16.8 Å². The van der Waals surface area contributed by atoms with Gasteiger partial charge in [0.05, 0.1) is 22.3 Å². The molecule has 0 atom stereocenters. The molecule has 0 N–H and O–H groups in total. The third-order valence-electron chi connectivity index (χ3n) is 5.01. The molecule has 4 nitrogen and oxygen atoms in total. The topological polar surface area (TPSA) is 43.1 Å². The maximum Gasteiger partial charge on any atom is 0.416 e. The number of hydrogen-bond donors (Lipinski definition) is 0. The summed E-state index contributed by atoms with van der Waals surface area (Å²) in [6.45, 7) is 1.90. The molecule has 0 bridgehead atoms. The van der Waals surface area contributed by atoms with Gasteiger partial charge in [-0.1, -0.05) is 18.2 Å². The van der Waals surface area contributed by atoms with E-state index in [1.807, 2.05) is 49.5 Å². The van der Waals surface area contributed by atoms with Gasteiger partial charge in [0, 0.05) is 29.0 Å². The van der Waals surface area contributed by atoms with E-state index in [-0.39, 0.29) is 5.52 Å². The number of alkyl halides is 3. The van der Waals surface area contributed by atoms with Crippen LogP contribution in [0.5, 0.6) is 0 Å². The van der Waals surface area contributed by atoms with E-state index in [1.54, 1.807) is 10.6 Å². The minimum atomic E-state index is -4.42. The molecule has 0 unspecified atom stereocenters. The van der Waals surface area contributed by atoms with E-state index < -0.39 is 11.7 Å². The van der Waals surface area contributed by atoms with Crippen molar-refractivity contribution in [3.63, 3.8) is 0 Å². The van der Waals surface area contributed by atoms with E-state index in [4.69, 9.17) is 5.10 Å². The molecule has 0 aliphatic carbocycles. The summed E-state index contributed by atoms with van der Waals surface area (Å²) < 4.78 is 41.3. The maximum absolute atomic E-state index is 13.2. The van der Waals surface area contributed by atoms with Crippen LogP contribution in [0.4, 0.5) is 13.2 Å². The number of benzene rings is 1. The second-order valence-corrected chi connectivity index (χ2v) is 7.01. The van der Waals surface area contributed by atoms with Crippen LogP contribution in [-0.4, -0.2) is 19.6 Å². The SMILES string of the molecule is Cc1cccc(-c2nn3ccccc3c2-c2ccnc3cc(C(F)(F)F)ccc23)n1. The van der Waals surface area contributed by atoms with Crippen molar-refractivity contribution in [1.82, 2.24) is 19.6 Å². The first-order valence-electron chi connectivity index (χ1n) is 9.29. The van der Waals surface area contributed by atoms with E-state index in [9.17, 15) is 13.2 Å². The Morgan fingerprint density at radius 2 is 1.80 bits per heavy atom. The molecule has 0 spiro atoms. The molecule has 5 aromatic rings. The van der Waals surface area contributed by atoms with Gasteiger partial charge >= 0.3 is 6.18 Å². The van der Waals surface area contributed by atoms with Crippen molar-refractivity contribution < 1.29 is 13.2 Å². The Kier molecular flexibility index (Phi) is 4.06. The molecule has 0 aliphatic heterocycles. The number of nitrogens with zero attached hydrogens (tertiary/aromatic N) is 4. The van der Waals surface area contributed by atoms with Crippen LogP contribution in [0.1, 0.15) is 11.3 Å². The summed E-state index contributed by atoms with van der Waals surface area (Å²) >= 11 is 0. The molecule has 0 amide bonds. The van der Waals surface area contributed by atoms with Gasteiger partial charge in [-0.05, 0) is 55.0 Å². The number of hydrogen-bond acceptors (Lipinski definition) is 3. The second kappa shape index (κ2) is 6.66. The highest BCUT2D eigenvalue weighted by atomic mass is 19.4. The third-order valence-corrected chi connectivity index (χ3v) is 5.01. The molecule has 0 aliphatic rings. The summed E-state index contributed by atoms with van der Waals surface area (Å²) in [5.74, 6) is 0. The van der Waals surface area contributed by atoms with Gasteiger partial charge in [0.25, 0.3) is 0 Å². The van der Waals surface area contributed by atoms with Crippen LogP contribution in [-0.2, 0) is 6.18 Å². The molecule has 30 heavy (non-hydrogen) atoms. The van der Waals surface area contributed by atoms with Gasteiger partial charge in [0.15, 0.2) is 0 Å². The number of aromatic nitrogens is 4. The highest BCUT2D eigenvalue weighted by Gasteiger charge is 2.31. The van der Waals surface area contributed by atoms with Crippen LogP contribution in [0.25, 0.3) is 38.9 Å². The Bertz CT molecular complexity index is 1400. The molecule has 0 saturated carbocycles. The lowest BCUT2D eigenvalue weighted by Crippen LogP contribution is -2.04. The molecule has 7 heteroatoms. The first kappa shape index (κ1) is 18.3. The van der Waals surface area contributed by atoms with Crippen molar-refractivity contribution >= 4 is 16.4 Å². The largest absolute Gasteiger partial charge is 0.416 e. The van der Waals surface area contributed by atoms with E-state index in [2.05, 4.69) is 9.97 Å². The fourth-order valence-electron chi connectivity index (χ4n) is 3.66. The molecule has 0 saturated heterocycles. The zero-order chi connectivity index (χ0) is 20.9.